The number of nitrogens with one attached hydrogen (secondary N) is 1. The van der Waals surface area contributed by atoms with Crippen LogP contribution in [0.4, 0.5) is 5.82 Å². The van der Waals surface area contributed by atoms with Gasteiger partial charge in [-0.05, 0) is 26.0 Å². The van der Waals surface area contributed by atoms with Gasteiger partial charge in [0.15, 0.2) is 0 Å². The second-order valence-electron chi connectivity index (χ2n) is 4.00. The number of pyridine rings is 1. The van der Waals surface area contributed by atoms with Crippen LogP contribution in [-0.4, -0.2) is 33.3 Å². The smallest absolute Gasteiger partial charge is 0.339 e. The molecule has 1 heterocycles. The molecule has 0 fully saturated rings. The molecule has 0 aliphatic carbocycles. The molecule has 0 atom stereocenters. The summed E-state index contributed by atoms with van der Waals surface area (Å²) in [4.78, 5) is 14.8. The molecule has 0 spiro atoms. The van der Waals surface area contributed by atoms with E-state index in [9.17, 15) is 4.79 Å². The maximum atomic E-state index is 10.9. The largest absolute Gasteiger partial charge is 0.478 e. The third kappa shape index (κ3) is 3.08. The van der Waals surface area contributed by atoms with Crippen LogP contribution in [0.2, 0.25) is 5.15 Å². The average molecular weight is 245 g/mol. The Morgan fingerprint density at radius 2 is 2.19 bits per heavy atom. The molecule has 1 aromatic heterocycles. The molecular weight excluding hydrogens is 232 g/mol. The third-order valence-electron chi connectivity index (χ3n) is 1.94. The Kier molecular flexibility index (Phi) is 3.72. The van der Waals surface area contributed by atoms with E-state index in [0.29, 0.717) is 0 Å². The van der Waals surface area contributed by atoms with Crippen molar-refractivity contribution in [1.29, 1.82) is 0 Å². The van der Waals surface area contributed by atoms with Gasteiger partial charge in [0.1, 0.15) is 16.5 Å². The number of aromatic nitrogens is 1. The highest BCUT2D eigenvalue weighted by Crippen LogP contribution is 2.20. The Balaban J connectivity index is 3.10. The van der Waals surface area contributed by atoms with Crippen molar-refractivity contribution in [2.75, 3.05) is 11.9 Å². The summed E-state index contributed by atoms with van der Waals surface area (Å²) in [6.45, 7) is 3.29. The van der Waals surface area contributed by atoms with Crippen LogP contribution >= 0.6 is 11.6 Å². The van der Waals surface area contributed by atoms with E-state index in [1.54, 1.807) is 13.8 Å². The Morgan fingerprint density at radius 3 is 2.69 bits per heavy atom. The molecule has 0 unspecified atom stereocenters. The molecule has 1 rings (SSSR count). The van der Waals surface area contributed by atoms with E-state index in [1.165, 1.54) is 12.1 Å². The number of carboxylic acids is 1. The van der Waals surface area contributed by atoms with Crippen molar-refractivity contribution < 1.29 is 15.0 Å². The topological polar surface area (TPSA) is 82.5 Å². The number of rotatable bonds is 4. The molecule has 3 N–H and O–H groups in total. The number of hydrogen-bond acceptors (Lipinski definition) is 4. The summed E-state index contributed by atoms with van der Waals surface area (Å²) < 4.78 is 0. The monoisotopic (exact) mass is 244 g/mol. The Labute approximate surface area is 98.1 Å². The van der Waals surface area contributed by atoms with Crippen molar-refractivity contribution in [3.63, 3.8) is 0 Å². The maximum Gasteiger partial charge on any atom is 0.339 e. The molecule has 0 radical (unpaired) electrons. The highest BCUT2D eigenvalue weighted by Gasteiger charge is 2.20. The van der Waals surface area contributed by atoms with Crippen LogP contribution in [0.5, 0.6) is 0 Å². The van der Waals surface area contributed by atoms with E-state index < -0.39 is 11.5 Å². The molecule has 0 amide bonds. The lowest BCUT2D eigenvalue weighted by Crippen LogP contribution is -2.36. The summed E-state index contributed by atoms with van der Waals surface area (Å²) in [6.07, 6.45) is 0. The first-order chi connectivity index (χ1) is 7.35. The minimum Gasteiger partial charge on any atom is -0.478 e. The predicted molar refractivity (Wildman–Crippen MR) is 61.0 cm³/mol. The van der Waals surface area contributed by atoms with E-state index in [-0.39, 0.29) is 23.1 Å². The highest BCUT2D eigenvalue weighted by atomic mass is 35.5. The molecule has 0 aliphatic rings. The van der Waals surface area contributed by atoms with Crippen LogP contribution in [0.1, 0.15) is 24.2 Å². The number of anilines is 1. The predicted octanol–water partition coefficient (Wildman–Crippen LogP) is 1.62. The number of aromatic carboxylic acids is 1. The summed E-state index contributed by atoms with van der Waals surface area (Å²) in [5.41, 5.74) is -0.645. The maximum absolute atomic E-state index is 10.9. The number of halogens is 1. The van der Waals surface area contributed by atoms with Gasteiger partial charge in [0.2, 0.25) is 0 Å². The summed E-state index contributed by atoms with van der Waals surface area (Å²) in [6, 6.07) is 2.77. The highest BCUT2D eigenvalue weighted by molar-refractivity contribution is 6.29. The zero-order chi connectivity index (χ0) is 12.3. The first-order valence-electron chi connectivity index (χ1n) is 4.64. The van der Waals surface area contributed by atoms with Crippen molar-refractivity contribution in [3.8, 4) is 0 Å². The van der Waals surface area contributed by atoms with Crippen molar-refractivity contribution in [2.45, 2.75) is 19.4 Å². The second-order valence-corrected chi connectivity index (χ2v) is 4.39. The molecule has 0 bridgehead atoms. The van der Waals surface area contributed by atoms with Crippen LogP contribution in [-0.2, 0) is 0 Å². The second kappa shape index (κ2) is 4.67. The van der Waals surface area contributed by atoms with Crippen LogP contribution < -0.4 is 5.32 Å². The number of carboxylic acid groups (broad SMARTS) is 1. The van der Waals surface area contributed by atoms with E-state index >= 15 is 0 Å². The summed E-state index contributed by atoms with van der Waals surface area (Å²) in [5.74, 6) is -0.945. The Hall–Kier alpha value is -1.33. The molecule has 0 aliphatic heterocycles. The van der Waals surface area contributed by atoms with Gasteiger partial charge in [0.05, 0.1) is 12.1 Å². The van der Waals surface area contributed by atoms with Gasteiger partial charge in [-0.25, -0.2) is 9.78 Å². The summed E-state index contributed by atoms with van der Waals surface area (Å²) in [7, 11) is 0. The molecule has 6 heteroatoms. The van der Waals surface area contributed by atoms with Crippen molar-refractivity contribution in [1.82, 2.24) is 4.98 Å². The minimum absolute atomic E-state index is 0.0194. The molecular formula is C10H13ClN2O3. The number of aliphatic hydroxyl groups excluding tert-OH is 1. The van der Waals surface area contributed by atoms with Gasteiger partial charge in [-0.15, -0.1) is 0 Å². The number of aliphatic hydroxyl groups is 1. The van der Waals surface area contributed by atoms with E-state index in [2.05, 4.69) is 10.3 Å². The van der Waals surface area contributed by atoms with E-state index in [0.717, 1.165) is 0 Å². The lowest BCUT2D eigenvalue weighted by Gasteiger charge is -2.25. The Morgan fingerprint density at radius 1 is 1.56 bits per heavy atom. The van der Waals surface area contributed by atoms with Gasteiger partial charge in [0, 0.05) is 0 Å². The van der Waals surface area contributed by atoms with Gasteiger partial charge >= 0.3 is 5.97 Å². The molecule has 0 saturated carbocycles. The number of carbonyl (C=O) groups is 1. The number of hydrogen-bond donors (Lipinski definition) is 3. The minimum atomic E-state index is -1.10. The van der Waals surface area contributed by atoms with Gasteiger partial charge < -0.3 is 15.5 Å². The number of nitrogens with zero attached hydrogens (tertiary/aromatic N) is 1. The fourth-order valence-corrected chi connectivity index (χ4v) is 1.21. The van der Waals surface area contributed by atoms with Crippen LogP contribution in [0.3, 0.4) is 0 Å². The standard InChI is InChI=1S/C10H13ClN2O3/c1-10(2,5-14)13-8-6(9(15)16)3-4-7(11)12-8/h3-4,14H,5H2,1-2H3,(H,12,13)(H,15,16). The van der Waals surface area contributed by atoms with Crippen LogP contribution in [0.15, 0.2) is 12.1 Å². The fourth-order valence-electron chi connectivity index (χ4n) is 1.06. The SMILES string of the molecule is CC(C)(CO)Nc1nc(Cl)ccc1C(=O)O. The van der Waals surface area contributed by atoms with Gasteiger partial charge in [-0.2, -0.15) is 0 Å². The quantitative estimate of drug-likeness (QED) is 0.701. The van der Waals surface area contributed by atoms with E-state index in [1.807, 2.05) is 0 Å². The lowest BCUT2D eigenvalue weighted by molar-refractivity contribution is 0.0697. The fraction of sp³-hybridized carbons (Fsp3) is 0.400. The van der Waals surface area contributed by atoms with Gasteiger partial charge in [-0.3, -0.25) is 0 Å². The lowest BCUT2D eigenvalue weighted by atomic mass is 10.1. The van der Waals surface area contributed by atoms with E-state index in [4.69, 9.17) is 21.8 Å². The van der Waals surface area contributed by atoms with Crippen molar-refractivity contribution in [3.05, 3.63) is 22.8 Å². The van der Waals surface area contributed by atoms with Gasteiger partial charge in [-0.1, -0.05) is 11.6 Å². The molecule has 88 valence electrons. The molecule has 16 heavy (non-hydrogen) atoms. The molecule has 1 aromatic rings. The summed E-state index contributed by atoms with van der Waals surface area (Å²) in [5, 5.41) is 21.1. The van der Waals surface area contributed by atoms with Crippen molar-refractivity contribution >= 4 is 23.4 Å². The zero-order valence-electron chi connectivity index (χ0n) is 8.99. The molecule has 0 aromatic carbocycles. The van der Waals surface area contributed by atoms with Crippen LogP contribution in [0, 0.1) is 0 Å². The first-order valence-corrected chi connectivity index (χ1v) is 5.02. The third-order valence-corrected chi connectivity index (χ3v) is 2.15. The van der Waals surface area contributed by atoms with Gasteiger partial charge in [0.25, 0.3) is 0 Å². The summed E-state index contributed by atoms with van der Waals surface area (Å²) >= 11 is 5.69. The molecule has 0 saturated heterocycles. The average Bonchev–Trinajstić information content (AvgIpc) is 2.16. The van der Waals surface area contributed by atoms with Crippen LogP contribution in [0.25, 0.3) is 0 Å². The zero-order valence-corrected chi connectivity index (χ0v) is 9.75. The first kappa shape index (κ1) is 12.7. The normalized spacial score (nSPS) is 11.2. The Bertz CT molecular complexity index is 407. The molecule has 5 nitrogen and oxygen atoms in total. The van der Waals surface area contributed by atoms with Crippen molar-refractivity contribution in [2.24, 2.45) is 0 Å².